The first-order valence-corrected chi connectivity index (χ1v) is 8.79. The number of aromatic amines is 1. The standard InChI is InChI=1S/C18H24N6/c1-12-7-8-14-18(13(12)2)21-15(20-14)10-19-11-17-23-22-16-6-4-3-5-9-24(16)17/h7-8,19H,3-6,9-11H2,1-2H3,(H,20,21). The third-order valence-electron chi connectivity index (χ3n) is 4.99. The lowest BCUT2D eigenvalue weighted by atomic mass is 10.1. The highest BCUT2D eigenvalue weighted by molar-refractivity contribution is 5.79. The van der Waals surface area contributed by atoms with Crippen molar-refractivity contribution in [2.45, 2.75) is 59.2 Å². The summed E-state index contributed by atoms with van der Waals surface area (Å²) in [4.78, 5) is 8.13. The van der Waals surface area contributed by atoms with Gasteiger partial charge >= 0.3 is 0 Å². The van der Waals surface area contributed by atoms with Crippen LogP contribution in [0.1, 0.15) is 47.9 Å². The molecule has 6 heteroatoms. The number of nitrogens with zero attached hydrogens (tertiary/aromatic N) is 4. The maximum Gasteiger partial charge on any atom is 0.147 e. The molecular weight excluding hydrogens is 300 g/mol. The van der Waals surface area contributed by atoms with Gasteiger partial charge in [-0.15, -0.1) is 10.2 Å². The zero-order valence-corrected chi connectivity index (χ0v) is 14.4. The molecule has 2 N–H and O–H groups in total. The number of aromatic nitrogens is 5. The Bertz CT molecular complexity index is 860. The number of nitrogens with one attached hydrogen (secondary N) is 2. The summed E-state index contributed by atoms with van der Waals surface area (Å²) >= 11 is 0. The van der Waals surface area contributed by atoms with Gasteiger partial charge < -0.3 is 14.9 Å². The molecule has 3 heterocycles. The topological polar surface area (TPSA) is 71.4 Å². The quantitative estimate of drug-likeness (QED) is 0.774. The van der Waals surface area contributed by atoms with Gasteiger partial charge in [-0.25, -0.2) is 4.98 Å². The summed E-state index contributed by atoms with van der Waals surface area (Å²) in [6, 6.07) is 4.24. The molecule has 126 valence electrons. The van der Waals surface area contributed by atoms with E-state index in [0.717, 1.165) is 48.0 Å². The fraction of sp³-hybridized carbons (Fsp3) is 0.500. The van der Waals surface area contributed by atoms with E-state index >= 15 is 0 Å². The van der Waals surface area contributed by atoms with E-state index in [1.165, 1.54) is 30.4 Å². The molecule has 0 bridgehead atoms. The van der Waals surface area contributed by atoms with Crippen molar-refractivity contribution < 1.29 is 0 Å². The molecule has 2 aromatic heterocycles. The Balaban J connectivity index is 1.44. The number of hydrogen-bond donors (Lipinski definition) is 2. The third kappa shape index (κ3) is 2.82. The zero-order chi connectivity index (χ0) is 16.5. The van der Waals surface area contributed by atoms with E-state index in [1.807, 2.05) is 0 Å². The number of aryl methyl sites for hydroxylation is 3. The number of benzene rings is 1. The molecule has 0 saturated heterocycles. The Labute approximate surface area is 141 Å². The van der Waals surface area contributed by atoms with Crippen molar-refractivity contribution in [2.75, 3.05) is 0 Å². The van der Waals surface area contributed by atoms with Gasteiger partial charge in [0.1, 0.15) is 17.5 Å². The average molecular weight is 324 g/mol. The summed E-state index contributed by atoms with van der Waals surface area (Å²) in [7, 11) is 0. The van der Waals surface area contributed by atoms with Crippen LogP contribution in [0.4, 0.5) is 0 Å². The second kappa shape index (κ2) is 6.36. The van der Waals surface area contributed by atoms with Crippen LogP contribution in [0.2, 0.25) is 0 Å². The monoisotopic (exact) mass is 324 g/mol. The normalized spacial score (nSPS) is 14.8. The number of H-pyrrole nitrogens is 1. The Morgan fingerprint density at radius 2 is 2.04 bits per heavy atom. The van der Waals surface area contributed by atoms with Gasteiger partial charge in [-0.2, -0.15) is 0 Å². The second-order valence-electron chi connectivity index (χ2n) is 6.69. The van der Waals surface area contributed by atoms with Crippen molar-refractivity contribution in [2.24, 2.45) is 0 Å². The molecule has 0 unspecified atom stereocenters. The van der Waals surface area contributed by atoms with Gasteiger partial charge in [0.15, 0.2) is 0 Å². The van der Waals surface area contributed by atoms with Crippen LogP contribution in [0.25, 0.3) is 11.0 Å². The van der Waals surface area contributed by atoms with E-state index in [4.69, 9.17) is 4.98 Å². The number of imidazole rings is 1. The molecule has 24 heavy (non-hydrogen) atoms. The van der Waals surface area contributed by atoms with Gasteiger partial charge in [0.25, 0.3) is 0 Å². The molecule has 0 saturated carbocycles. The van der Waals surface area contributed by atoms with Crippen LogP contribution < -0.4 is 5.32 Å². The minimum absolute atomic E-state index is 0.704. The lowest BCUT2D eigenvalue weighted by Crippen LogP contribution is -2.18. The Kier molecular flexibility index (Phi) is 4.06. The number of hydrogen-bond acceptors (Lipinski definition) is 4. The van der Waals surface area contributed by atoms with Gasteiger partial charge in [0.05, 0.1) is 24.1 Å². The molecule has 1 aromatic carbocycles. The van der Waals surface area contributed by atoms with Gasteiger partial charge in [0, 0.05) is 13.0 Å². The molecule has 0 atom stereocenters. The molecule has 0 radical (unpaired) electrons. The van der Waals surface area contributed by atoms with Crippen molar-refractivity contribution in [3.63, 3.8) is 0 Å². The molecule has 0 fully saturated rings. The molecule has 1 aliphatic heterocycles. The Hall–Kier alpha value is -2.21. The van der Waals surface area contributed by atoms with Crippen LogP contribution in [0.15, 0.2) is 12.1 Å². The maximum absolute atomic E-state index is 4.73. The van der Waals surface area contributed by atoms with Crippen molar-refractivity contribution in [3.8, 4) is 0 Å². The molecule has 4 rings (SSSR count). The molecule has 0 amide bonds. The zero-order valence-electron chi connectivity index (χ0n) is 14.4. The van der Waals surface area contributed by atoms with Crippen molar-refractivity contribution >= 4 is 11.0 Å². The molecule has 1 aliphatic rings. The fourth-order valence-electron chi connectivity index (χ4n) is 3.42. The van der Waals surface area contributed by atoms with Gasteiger partial charge in [0.2, 0.25) is 0 Å². The van der Waals surface area contributed by atoms with Crippen LogP contribution >= 0.6 is 0 Å². The van der Waals surface area contributed by atoms with Crippen molar-refractivity contribution in [3.05, 3.63) is 40.7 Å². The van der Waals surface area contributed by atoms with Crippen LogP contribution in [-0.4, -0.2) is 24.7 Å². The van der Waals surface area contributed by atoms with Crippen molar-refractivity contribution in [1.29, 1.82) is 0 Å². The number of rotatable bonds is 4. The van der Waals surface area contributed by atoms with Gasteiger partial charge in [-0.05, 0) is 43.9 Å². The smallest absolute Gasteiger partial charge is 0.147 e. The van der Waals surface area contributed by atoms with E-state index in [0.29, 0.717) is 6.54 Å². The maximum atomic E-state index is 4.73. The Morgan fingerprint density at radius 3 is 2.96 bits per heavy atom. The summed E-state index contributed by atoms with van der Waals surface area (Å²) in [5.41, 5.74) is 4.70. The predicted molar refractivity (Wildman–Crippen MR) is 93.7 cm³/mol. The van der Waals surface area contributed by atoms with Crippen molar-refractivity contribution in [1.82, 2.24) is 30.0 Å². The summed E-state index contributed by atoms with van der Waals surface area (Å²) in [6.45, 7) is 6.72. The molecule has 0 aliphatic carbocycles. The highest BCUT2D eigenvalue weighted by atomic mass is 15.3. The Morgan fingerprint density at radius 1 is 1.12 bits per heavy atom. The fourth-order valence-corrected chi connectivity index (χ4v) is 3.42. The predicted octanol–water partition coefficient (Wildman–Crippen LogP) is 2.79. The van der Waals surface area contributed by atoms with Gasteiger partial charge in [-0.1, -0.05) is 12.5 Å². The third-order valence-corrected chi connectivity index (χ3v) is 4.99. The van der Waals surface area contributed by atoms with E-state index in [9.17, 15) is 0 Å². The highest BCUT2D eigenvalue weighted by Crippen LogP contribution is 2.19. The lowest BCUT2D eigenvalue weighted by Gasteiger charge is -2.07. The summed E-state index contributed by atoms with van der Waals surface area (Å²) in [5.74, 6) is 3.14. The second-order valence-corrected chi connectivity index (χ2v) is 6.69. The largest absolute Gasteiger partial charge is 0.341 e. The summed E-state index contributed by atoms with van der Waals surface area (Å²) in [5, 5.41) is 12.2. The SMILES string of the molecule is Cc1ccc2[nH]c(CNCc3nnc4n3CCCCC4)nc2c1C. The van der Waals surface area contributed by atoms with Gasteiger partial charge in [-0.3, -0.25) is 0 Å². The first kappa shape index (κ1) is 15.3. The van der Waals surface area contributed by atoms with Crippen LogP contribution in [0, 0.1) is 13.8 Å². The first-order valence-electron chi connectivity index (χ1n) is 8.79. The molecule has 6 nitrogen and oxygen atoms in total. The van der Waals surface area contributed by atoms with Crippen LogP contribution in [-0.2, 0) is 26.1 Å². The summed E-state index contributed by atoms with van der Waals surface area (Å²) in [6.07, 6.45) is 4.78. The molecule has 0 spiro atoms. The minimum Gasteiger partial charge on any atom is -0.341 e. The number of fused-ring (bicyclic) bond motifs is 2. The lowest BCUT2D eigenvalue weighted by molar-refractivity contribution is 0.568. The molecular formula is C18H24N6. The van der Waals surface area contributed by atoms with E-state index in [2.05, 4.69) is 51.0 Å². The average Bonchev–Trinajstić information content (AvgIpc) is 3.08. The van der Waals surface area contributed by atoms with Crippen LogP contribution in [0.5, 0.6) is 0 Å². The molecule has 3 aromatic rings. The van der Waals surface area contributed by atoms with E-state index in [1.54, 1.807) is 0 Å². The van der Waals surface area contributed by atoms with E-state index < -0.39 is 0 Å². The van der Waals surface area contributed by atoms with E-state index in [-0.39, 0.29) is 0 Å². The van der Waals surface area contributed by atoms with Crippen LogP contribution in [0.3, 0.4) is 0 Å². The summed E-state index contributed by atoms with van der Waals surface area (Å²) < 4.78 is 2.28. The first-order chi connectivity index (χ1) is 11.7. The highest BCUT2D eigenvalue weighted by Gasteiger charge is 2.14. The minimum atomic E-state index is 0.704.